The van der Waals surface area contributed by atoms with Crippen LogP contribution in [0.2, 0.25) is 0 Å². The van der Waals surface area contributed by atoms with Gasteiger partial charge in [-0.25, -0.2) is 4.98 Å². The van der Waals surface area contributed by atoms with Crippen LogP contribution in [0.5, 0.6) is 0 Å². The number of aromatic amines is 1. The highest BCUT2D eigenvalue weighted by Gasteiger charge is 2.30. The quantitative estimate of drug-likeness (QED) is 0.0650. The lowest BCUT2D eigenvalue weighted by molar-refractivity contribution is -0.137. The van der Waals surface area contributed by atoms with Crippen LogP contribution in [0.15, 0.2) is 48.5 Å². The van der Waals surface area contributed by atoms with Crippen LogP contribution in [-0.4, -0.2) is 68.6 Å². The van der Waals surface area contributed by atoms with E-state index in [4.69, 9.17) is 5.41 Å². The summed E-state index contributed by atoms with van der Waals surface area (Å²) in [5, 5.41) is 16.3. The first-order valence-electron chi connectivity index (χ1n) is 17.5. The molecule has 0 aliphatic rings. The molecule has 1 aromatic heterocycles. The van der Waals surface area contributed by atoms with Gasteiger partial charge in [0.1, 0.15) is 12.1 Å². The summed E-state index contributed by atoms with van der Waals surface area (Å²) in [4.78, 5) is 20.7. The van der Waals surface area contributed by atoms with Crippen LogP contribution in [0.3, 0.4) is 0 Å². The predicted molar refractivity (Wildman–Crippen MR) is 209 cm³/mol. The van der Waals surface area contributed by atoms with E-state index in [1.54, 1.807) is 13.1 Å². The zero-order valence-electron chi connectivity index (χ0n) is 32.5. The molecule has 1 atom stereocenters. The van der Waals surface area contributed by atoms with Crippen LogP contribution in [0.25, 0.3) is 17.5 Å². The molecule has 0 bridgehead atoms. The molecule has 50 heavy (non-hydrogen) atoms. The molecule has 0 aliphatic carbocycles. The van der Waals surface area contributed by atoms with Crippen molar-refractivity contribution in [1.29, 1.82) is 5.41 Å². The van der Waals surface area contributed by atoms with Crippen LogP contribution >= 0.6 is 0 Å². The molecule has 2 aromatic carbocycles. The number of nitrogens with one attached hydrogen (secondary N) is 5. The molecule has 11 heteroatoms. The molecule has 0 fully saturated rings. The van der Waals surface area contributed by atoms with Crippen molar-refractivity contribution < 1.29 is 18.0 Å². The Kier molecular flexibility index (Phi) is 26.8. The van der Waals surface area contributed by atoms with E-state index in [1.807, 2.05) is 53.8 Å². The van der Waals surface area contributed by atoms with E-state index >= 15 is 0 Å². The van der Waals surface area contributed by atoms with Crippen molar-refractivity contribution in [3.05, 3.63) is 71.1 Å². The van der Waals surface area contributed by atoms with Crippen LogP contribution in [-0.2, 0) is 17.5 Å². The smallest absolute Gasteiger partial charge is 0.388 e. The zero-order chi connectivity index (χ0) is 38.7. The van der Waals surface area contributed by atoms with E-state index in [0.717, 1.165) is 72.1 Å². The Morgan fingerprint density at radius 3 is 2.18 bits per heavy atom. The minimum absolute atomic E-state index is 0.399. The minimum atomic E-state index is -4.25. The molecule has 5 N–H and O–H groups in total. The number of halogens is 3. The number of benzene rings is 2. The highest BCUT2D eigenvalue weighted by molar-refractivity contribution is 5.78. The fraction of sp³-hybridized carbons (Fsp3) is 0.513. The Labute approximate surface area is 300 Å². The highest BCUT2D eigenvalue weighted by atomic mass is 19.4. The normalized spacial score (nSPS) is 11.1. The standard InChI is InChI=1S/C20H29N5O.C9H10F3N.C6H13N.2C2H6/c1-15-18(8-5-6-13-26)24-20(23-15)17-14-16(9-10-19(17)21-2)22-11-7-12-25(3)4;1-13-6-7-3-2-4-8(5-7)9(10,11)12;1-5(2)6(3)4-7;2*1-2/h5,8-10,13-14,21-22H,6-7,11-12H2,1-4H3,(H,23,24);2-5,13H,6H2,1H3;4-7H,1-3H3;2*1-2H3/b8-5-;;;;. The maximum atomic E-state index is 12.2. The van der Waals surface area contributed by atoms with Crippen LogP contribution < -0.4 is 16.0 Å². The topological polar surface area (TPSA) is 109 Å². The van der Waals surface area contributed by atoms with Crippen LogP contribution in [0.1, 0.15) is 83.8 Å². The molecule has 1 unspecified atom stereocenters. The van der Waals surface area contributed by atoms with Gasteiger partial charge in [0, 0.05) is 49.2 Å². The number of hydrogen-bond donors (Lipinski definition) is 5. The summed E-state index contributed by atoms with van der Waals surface area (Å²) in [6.45, 7) is 18.7. The number of hydrogen-bond acceptors (Lipinski definition) is 7. The van der Waals surface area contributed by atoms with Crippen molar-refractivity contribution in [2.75, 3.05) is 51.9 Å². The Morgan fingerprint density at radius 2 is 1.68 bits per heavy atom. The van der Waals surface area contributed by atoms with Gasteiger partial charge in [-0.2, -0.15) is 13.2 Å². The van der Waals surface area contributed by atoms with Crippen molar-refractivity contribution in [2.24, 2.45) is 11.8 Å². The summed E-state index contributed by atoms with van der Waals surface area (Å²) in [5.74, 6) is 1.88. The fourth-order valence-corrected chi connectivity index (χ4v) is 3.95. The molecule has 0 radical (unpaired) electrons. The number of nitrogens with zero attached hydrogens (tertiary/aromatic N) is 2. The molecular formula is C39H64F3N7O. The Balaban J connectivity index is 0. The first-order chi connectivity index (χ1) is 23.8. The number of carbonyl (C=O) groups is 1. The van der Waals surface area contributed by atoms with E-state index in [-0.39, 0.29) is 0 Å². The Hall–Kier alpha value is -3.96. The molecule has 3 aromatic rings. The summed E-state index contributed by atoms with van der Waals surface area (Å²) in [6, 6.07) is 11.5. The maximum absolute atomic E-state index is 12.2. The van der Waals surface area contributed by atoms with E-state index in [0.29, 0.717) is 30.4 Å². The van der Waals surface area contributed by atoms with Crippen molar-refractivity contribution in [1.82, 2.24) is 20.2 Å². The molecule has 282 valence electrons. The van der Waals surface area contributed by atoms with Gasteiger partial charge in [-0.05, 0) is 95.0 Å². The van der Waals surface area contributed by atoms with Gasteiger partial charge < -0.3 is 36.0 Å². The fourth-order valence-electron chi connectivity index (χ4n) is 3.95. The van der Waals surface area contributed by atoms with Gasteiger partial charge in [-0.3, -0.25) is 0 Å². The summed E-state index contributed by atoms with van der Waals surface area (Å²) >= 11 is 0. The van der Waals surface area contributed by atoms with Gasteiger partial charge in [-0.1, -0.05) is 72.7 Å². The molecule has 0 aliphatic heterocycles. The zero-order valence-corrected chi connectivity index (χ0v) is 32.5. The van der Waals surface area contributed by atoms with Gasteiger partial charge in [0.2, 0.25) is 0 Å². The van der Waals surface area contributed by atoms with Crippen molar-refractivity contribution in [3.8, 4) is 11.4 Å². The maximum Gasteiger partial charge on any atom is 0.416 e. The SMILES string of the molecule is CC.CC.CC(C)C(C)C=N.CNCc1cccc(C(F)(F)F)c1.CNc1ccc(NCCCN(C)C)cc1-c1nc(/C=C\CC=O)c(C)[nH]1. The first kappa shape index (κ1) is 48.2. The number of H-pyrrole nitrogens is 1. The number of aldehydes is 1. The Bertz CT molecular complexity index is 1350. The van der Waals surface area contributed by atoms with E-state index in [2.05, 4.69) is 83.9 Å². The number of carbonyl (C=O) groups excluding carboxylic acids is 1. The molecule has 0 amide bonds. The number of rotatable bonds is 14. The number of aryl methyl sites for hydroxylation is 1. The molecule has 0 saturated heterocycles. The predicted octanol–water partition coefficient (Wildman–Crippen LogP) is 9.80. The molecule has 0 saturated carbocycles. The molecular weight excluding hydrogens is 639 g/mol. The number of alkyl halides is 3. The Morgan fingerprint density at radius 1 is 1.02 bits per heavy atom. The third-order valence-corrected chi connectivity index (χ3v) is 7.04. The average Bonchev–Trinajstić information content (AvgIpc) is 3.48. The van der Waals surface area contributed by atoms with E-state index in [1.165, 1.54) is 12.3 Å². The summed E-state index contributed by atoms with van der Waals surface area (Å²) in [7, 11) is 7.77. The van der Waals surface area contributed by atoms with Gasteiger partial charge in [0.05, 0.1) is 11.3 Å². The second-order valence-corrected chi connectivity index (χ2v) is 11.5. The molecule has 3 rings (SSSR count). The van der Waals surface area contributed by atoms with E-state index in [9.17, 15) is 18.0 Å². The van der Waals surface area contributed by atoms with E-state index < -0.39 is 11.7 Å². The van der Waals surface area contributed by atoms with Gasteiger partial charge >= 0.3 is 6.18 Å². The summed E-state index contributed by atoms with van der Waals surface area (Å²) < 4.78 is 36.6. The minimum Gasteiger partial charge on any atom is -0.388 e. The highest BCUT2D eigenvalue weighted by Crippen LogP contribution is 2.30. The van der Waals surface area contributed by atoms with Gasteiger partial charge in [0.25, 0.3) is 0 Å². The summed E-state index contributed by atoms with van der Waals surface area (Å²) in [6.07, 6.45) is 3.31. The lowest BCUT2D eigenvalue weighted by Gasteiger charge is -2.13. The summed E-state index contributed by atoms with van der Waals surface area (Å²) in [5.41, 5.74) is 4.98. The average molecular weight is 704 g/mol. The largest absolute Gasteiger partial charge is 0.416 e. The third-order valence-electron chi connectivity index (χ3n) is 7.04. The second kappa shape index (κ2) is 27.8. The first-order valence-corrected chi connectivity index (χ1v) is 17.5. The van der Waals surface area contributed by atoms with Gasteiger partial charge in [0.15, 0.2) is 0 Å². The van der Waals surface area contributed by atoms with Crippen LogP contribution in [0, 0.1) is 24.2 Å². The lowest BCUT2D eigenvalue weighted by Crippen LogP contribution is -2.16. The van der Waals surface area contributed by atoms with Crippen molar-refractivity contribution in [3.63, 3.8) is 0 Å². The molecule has 8 nitrogen and oxygen atoms in total. The molecule has 0 spiro atoms. The number of aromatic nitrogens is 2. The van der Waals surface area contributed by atoms with Crippen LogP contribution in [0.4, 0.5) is 24.5 Å². The van der Waals surface area contributed by atoms with Gasteiger partial charge in [-0.15, -0.1) is 0 Å². The van der Waals surface area contributed by atoms with Crippen molar-refractivity contribution >= 4 is 30.0 Å². The molecule has 1 heterocycles. The lowest BCUT2D eigenvalue weighted by atomic mass is 10.0. The van der Waals surface area contributed by atoms with Crippen molar-refractivity contribution in [2.45, 2.75) is 81.0 Å². The number of anilines is 2. The second-order valence-electron chi connectivity index (χ2n) is 11.5. The monoisotopic (exact) mass is 704 g/mol. The number of imidazole rings is 1. The number of allylic oxidation sites excluding steroid dienone is 1. The third kappa shape index (κ3) is 19.9.